The van der Waals surface area contributed by atoms with Gasteiger partial charge in [-0.15, -0.1) is 0 Å². The molecule has 4 aromatic rings. The average Bonchev–Trinajstić information content (AvgIpc) is 3.26. The van der Waals surface area contributed by atoms with Crippen molar-refractivity contribution in [3.05, 3.63) is 108 Å². The van der Waals surface area contributed by atoms with Gasteiger partial charge in [0.1, 0.15) is 0 Å². The van der Waals surface area contributed by atoms with E-state index in [1.165, 1.54) is 27.6 Å². The van der Waals surface area contributed by atoms with Gasteiger partial charge in [0.25, 0.3) is 0 Å². The van der Waals surface area contributed by atoms with E-state index in [0.717, 1.165) is 19.4 Å². The highest BCUT2D eigenvalue weighted by Gasteiger charge is 2.25. The van der Waals surface area contributed by atoms with Gasteiger partial charge >= 0.3 is 0 Å². The highest BCUT2D eigenvalue weighted by Crippen LogP contribution is 2.34. The molecule has 1 aliphatic rings. The van der Waals surface area contributed by atoms with Gasteiger partial charge in [-0.3, -0.25) is 4.79 Å². The number of morpholine rings is 1. The molecule has 0 bridgehead atoms. The quantitative estimate of drug-likeness (QED) is 0.346. The Kier molecular flexibility index (Phi) is 7.06. The van der Waals surface area contributed by atoms with Crippen LogP contribution in [0.3, 0.4) is 0 Å². The van der Waals surface area contributed by atoms with Gasteiger partial charge in [0.05, 0.1) is 13.2 Å². The second kappa shape index (κ2) is 10.7. The van der Waals surface area contributed by atoms with Crippen molar-refractivity contribution in [1.82, 2.24) is 9.47 Å². The van der Waals surface area contributed by atoms with Crippen molar-refractivity contribution in [2.24, 2.45) is 0 Å². The molecule has 174 valence electrons. The standard InChI is InChI=1S/C30H32N2O2/c33-30(31-17-19-34-20-18-31)21-26(16-15-24-9-3-1-4-10-24)28-23-32(22-25-11-5-2-6-12-25)29-14-8-7-13-27(28)29/h1-14,23,26H,15-22H2/t26-/m1/s1. The Bertz CT molecular complexity index is 1210. The summed E-state index contributed by atoms with van der Waals surface area (Å²) >= 11 is 0. The molecular weight excluding hydrogens is 420 g/mol. The summed E-state index contributed by atoms with van der Waals surface area (Å²) < 4.78 is 7.81. The third kappa shape index (κ3) is 5.23. The fraction of sp³-hybridized carbons (Fsp3) is 0.300. The molecule has 1 saturated heterocycles. The van der Waals surface area contributed by atoms with E-state index in [1.807, 2.05) is 4.90 Å². The van der Waals surface area contributed by atoms with Crippen LogP contribution in [0.4, 0.5) is 0 Å². The van der Waals surface area contributed by atoms with Crippen LogP contribution in [-0.4, -0.2) is 41.7 Å². The molecule has 1 aliphatic heterocycles. The Hall–Kier alpha value is -3.37. The SMILES string of the molecule is O=C(C[C@@H](CCc1ccccc1)c1cn(Cc2ccccc2)c2ccccc12)N1CCOCC1. The Morgan fingerprint density at radius 3 is 2.21 bits per heavy atom. The van der Waals surface area contributed by atoms with Crippen molar-refractivity contribution in [3.63, 3.8) is 0 Å². The molecule has 0 aliphatic carbocycles. The fourth-order valence-electron chi connectivity index (χ4n) is 5.02. The van der Waals surface area contributed by atoms with Crippen LogP contribution in [0.1, 0.15) is 35.4 Å². The van der Waals surface area contributed by atoms with Gasteiger partial charge in [-0.1, -0.05) is 78.9 Å². The minimum Gasteiger partial charge on any atom is -0.378 e. The van der Waals surface area contributed by atoms with Crippen LogP contribution in [0.2, 0.25) is 0 Å². The first kappa shape index (κ1) is 22.4. The van der Waals surface area contributed by atoms with Crippen molar-refractivity contribution >= 4 is 16.8 Å². The summed E-state index contributed by atoms with van der Waals surface area (Å²) in [5.41, 5.74) is 5.10. The number of aromatic nitrogens is 1. The predicted octanol–water partition coefficient (Wildman–Crippen LogP) is 5.65. The minimum atomic E-state index is 0.164. The van der Waals surface area contributed by atoms with E-state index >= 15 is 0 Å². The molecule has 1 atom stereocenters. The Morgan fingerprint density at radius 1 is 0.824 bits per heavy atom. The zero-order valence-electron chi connectivity index (χ0n) is 19.6. The Labute approximate surface area is 201 Å². The lowest BCUT2D eigenvalue weighted by Gasteiger charge is -2.28. The van der Waals surface area contributed by atoms with Gasteiger partial charge < -0.3 is 14.2 Å². The topological polar surface area (TPSA) is 34.5 Å². The normalized spacial score (nSPS) is 14.9. The fourth-order valence-corrected chi connectivity index (χ4v) is 5.02. The minimum absolute atomic E-state index is 0.164. The van der Waals surface area contributed by atoms with Crippen LogP contribution in [-0.2, 0) is 22.5 Å². The number of hydrogen-bond donors (Lipinski definition) is 0. The summed E-state index contributed by atoms with van der Waals surface area (Å²) in [4.78, 5) is 15.3. The van der Waals surface area contributed by atoms with Crippen LogP contribution in [0, 0.1) is 0 Å². The van der Waals surface area contributed by atoms with Gasteiger partial charge in [-0.25, -0.2) is 0 Å². The van der Waals surface area contributed by atoms with Crippen LogP contribution in [0.5, 0.6) is 0 Å². The first-order valence-electron chi connectivity index (χ1n) is 12.3. The molecule has 4 heteroatoms. The number of ether oxygens (including phenoxy) is 1. The molecule has 0 saturated carbocycles. The van der Waals surface area contributed by atoms with Gasteiger partial charge in [-0.05, 0) is 41.5 Å². The number of hydrogen-bond acceptors (Lipinski definition) is 2. The van der Waals surface area contributed by atoms with Gasteiger partial charge in [0.15, 0.2) is 0 Å². The van der Waals surface area contributed by atoms with Gasteiger partial charge in [0.2, 0.25) is 5.91 Å². The maximum Gasteiger partial charge on any atom is 0.223 e. The molecule has 3 aromatic carbocycles. The first-order chi connectivity index (χ1) is 16.8. The molecule has 0 radical (unpaired) electrons. The molecule has 1 amide bonds. The van der Waals surface area contributed by atoms with E-state index in [9.17, 15) is 4.79 Å². The Balaban J connectivity index is 1.46. The molecule has 0 unspecified atom stereocenters. The molecule has 34 heavy (non-hydrogen) atoms. The van der Waals surface area contributed by atoms with Crippen LogP contribution >= 0.6 is 0 Å². The van der Waals surface area contributed by atoms with Crippen molar-refractivity contribution in [1.29, 1.82) is 0 Å². The number of para-hydroxylation sites is 1. The molecular formula is C30H32N2O2. The van der Waals surface area contributed by atoms with Crippen molar-refractivity contribution in [2.45, 2.75) is 31.7 Å². The lowest BCUT2D eigenvalue weighted by atomic mass is 9.89. The molecule has 0 spiro atoms. The summed E-state index contributed by atoms with van der Waals surface area (Å²) in [6.07, 6.45) is 4.73. The Morgan fingerprint density at radius 2 is 1.47 bits per heavy atom. The number of amides is 1. The molecule has 1 aromatic heterocycles. The summed E-state index contributed by atoms with van der Waals surface area (Å²) in [5.74, 6) is 0.402. The van der Waals surface area contributed by atoms with Crippen LogP contribution in [0.15, 0.2) is 91.1 Å². The van der Waals surface area contributed by atoms with Crippen molar-refractivity contribution < 1.29 is 9.53 Å². The second-order valence-electron chi connectivity index (χ2n) is 9.13. The van der Waals surface area contributed by atoms with E-state index in [2.05, 4.69) is 95.7 Å². The van der Waals surface area contributed by atoms with E-state index in [-0.39, 0.29) is 11.8 Å². The third-order valence-electron chi connectivity index (χ3n) is 6.86. The molecule has 0 N–H and O–H groups in total. The molecule has 2 heterocycles. The third-order valence-corrected chi connectivity index (χ3v) is 6.86. The molecule has 4 nitrogen and oxygen atoms in total. The highest BCUT2D eigenvalue weighted by molar-refractivity contribution is 5.86. The summed E-state index contributed by atoms with van der Waals surface area (Å²) in [6, 6.07) is 29.8. The summed E-state index contributed by atoms with van der Waals surface area (Å²) in [7, 11) is 0. The number of nitrogens with zero attached hydrogens (tertiary/aromatic N) is 2. The largest absolute Gasteiger partial charge is 0.378 e. The van der Waals surface area contributed by atoms with Crippen LogP contribution in [0.25, 0.3) is 10.9 Å². The smallest absolute Gasteiger partial charge is 0.223 e. The van der Waals surface area contributed by atoms with Gasteiger partial charge in [-0.2, -0.15) is 0 Å². The summed E-state index contributed by atoms with van der Waals surface area (Å²) in [6.45, 7) is 3.48. The zero-order valence-corrected chi connectivity index (χ0v) is 19.6. The van der Waals surface area contributed by atoms with E-state index in [1.54, 1.807) is 0 Å². The number of rotatable bonds is 8. The van der Waals surface area contributed by atoms with E-state index in [0.29, 0.717) is 32.7 Å². The van der Waals surface area contributed by atoms with E-state index < -0.39 is 0 Å². The van der Waals surface area contributed by atoms with Crippen molar-refractivity contribution in [3.8, 4) is 0 Å². The van der Waals surface area contributed by atoms with Gasteiger partial charge in [0, 0.05) is 43.2 Å². The monoisotopic (exact) mass is 452 g/mol. The highest BCUT2D eigenvalue weighted by atomic mass is 16.5. The molecule has 5 rings (SSSR count). The average molecular weight is 453 g/mol. The maximum absolute atomic E-state index is 13.3. The second-order valence-corrected chi connectivity index (χ2v) is 9.13. The summed E-state index contributed by atoms with van der Waals surface area (Å²) in [5, 5.41) is 1.26. The van der Waals surface area contributed by atoms with E-state index in [4.69, 9.17) is 4.74 Å². The maximum atomic E-state index is 13.3. The number of carbonyl (C=O) groups is 1. The predicted molar refractivity (Wildman–Crippen MR) is 137 cm³/mol. The van der Waals surface area contributed by atoms with Crippen LogP contribution < -0.4 is 0 Å². The number of aryl methyl sites for hydroxylation is 1. The number of carbonyl (C=O) groups excluding carboxylic acids is 1. The zero-order chi connectivity index (χ0) is 23.2. The number of fused-ring (bicyclic) bond motifs is 1. The number of benzene rings is 3. The first-order valence-corrected chi connectivity index (χ1v) is 12.3. The lowest BCUT2D eigenvalue weighted by Crippen LogP contribution is -2.41. The molecule has 1 fully saturated rings. The lowest BCUT2D eigenvalue weighted by molar-refractivity contribution is -0.135. The van der Waals surface area contributed by atoms with Crippen molar-refractivity contribution in [2.75, 3.05) is 26.3 Å².